The minimum absolute atomic E-state index is 0.0891. The molecule has 5 nitrogen and oxygen atoms in total. The Hall–Kier alpha value is -2.53. The molecule has 1 heterocycles. The number of carbonyl (C=O) groups is 1. The van der Waals surface area contributed by atoms with Crippen molar-refractivity contribution in [3.63, 3.8) is 0 Å². The van der Waals surface area contributed by atoms with Crippen molar-refractivity contribution in [1.29, 1.82) is 0 Å². The highest BCUT2D eigenvalue weighted by atomic mass is 16.5. The van der Waals surface area contributed by atoms with Crippen molar-refractivity contribution < 1.29 is 24.9 Å². The van der Waals surface area contributed by atoms with Crippen LogP contribution in [-0.4, -0.2) is 32.8 Å². The maximum absolute atomic E-state index is 12.9. The predicted octanol–water partition coefficient (Wildman–Crippen LogP) is 3.30. The summed E-state index contributed by atoms with van der Waals surface area (Å²) in [6.45, 7) is 4.98. The minimum atomic E-state index is -0.921. The van der Waals surface area contributed by atoms with Crippen LogP contribution < -0.4 is 4.74 Å². The fourth-order valence-corrected chi connectivity index (χ4v) is 3.25. The molecule has 2 aromatic rings. The molecule has 0 aliphatic carbocycles. The molecule has 0 fully saturated rings. The SMILES string of the molecule is Cc1c(O)c2c(c(C(=O)CCc3ccccc3)c1O)OC(C)(C)[C@@H](O)C2. The third-order valence-electron chi connectivity index (χ3n) is 5.06. The lowest BCUT2D eigenvalue weighted by Crippen LogP contribution is -2.46. The highest BCUT2D eigenvalue weighted by molar-refractivity contribution is 6.02. The minimum Gasteiger partial charge on any atom is -0.507 e. The number of aliphatic hydroxyl groups is 1. The first-order chi connectivity index (χ1) is 12.2. The fourth-order valence-electron chi connectivity index (χ4n) is 3.25. The molecule has 5 heteroatoms. The predicted molar refractivity (Wildman–Crippen MR) is 98.0 cm³/mol. The van der Waals surface area contributed by atoms with Crippen molar-refractivity contribution >= 4 is 5.78 Å². The molecule has 1 atom stereocenters. The Labute approximate surface area is 152 Å². The number of carbonyl (C=O) groups excluding carboxylic acids is 1. The molecule has 0 aromatic heterocycles. The number of ether oxygens (including phenoxy) is 1. The zero-order valence-electron chi connectivity index (χ0n) is 15.2. The van der Waals surface area contributed by atoms with E-state index >= 15 is 0 Å². The van der Waals surface area contributed by atoms with Crippen LogP contribution in [0.3, 0.4) is 0 Å². The quantitative estimate of drug-likeness (QED) is 0.732. The van der Waals surface area contributed by atoms with E-state index in [2.05, 4.69) is 0 Å². The topological polar surface area (TPSA) is 87.0 Å². The standard InChI is InChI=1S/C21H24O5/c1-12-18(24)14-11-16(23)21(2,3)26-20(14)17(19(12)25)15(22)10-9-13-7-5-4-6-8-13/h4-8,16,23-25H,9-11H2,1-3H3/t16-/m0/s1. The summed E-state index contributed by atoms with van der Waals surface area (Å²) in [5, 5.41) is 31.1. The van der Waals surface area contributed by atoms with Gasteiger partial charge in [-0.1, -0.05) is 30.3 Å². The van der Waals surface area contributed by atoms with Gasteiger partial charge in [0.05, 0.1) is 6.10 Å². The number of hydrogen-bond donors (Lipinski definition) is 3. The third kappa shape index (κ3) is 3.15. The van der Waals surface area contributed by atoms with E-state index in [1.165, 1.54) is 0 Å². The Bertz CT molecular complexity index is 839. The summed E-state index contributed by atoms with van der Waals surface area (Å²) in [7, 11) is 0. The number of Topliss-reactive ketones (excluding diaryl/α,β-unsaturated/α-hetero) is 1. The van der Waals surface area contributed by atoms with Crippen LogP contribution in [0.5, 0.6) is 17.2 Å². The summed E-state index contributed by atoms with van der Waals surface area (Å²) in [6.07, 6.45) is 0.0892. The van der Waals surface area contributed by atoms with Crippen molar-refractivity contribution in [1.82, 2.24) is 0 Å². The Kier molecular flexibility index (Phi) is 4.67. The molecule has 0 saturated heterocycles. The summed E-state index contributed by atoms with van der Waals surface area (Å²) in [6, 6.07) is 9.63. The Morgan fingerprint density at radius 3 is 2.50 bits per heavy atom. The molecule has 1 aliphatic heterocycles. The van der Waals surface area contributed by atoms with Crippen LogP contribution >= 0.6 is 0 Å². The van der Waals surface area contributed by atoms with Crippen molar-refractivity contribution in [2.24, 2.45) is 0 Å². The second-order valence-electron chi connectivity index (χ2n) is 7.34. The van der Waals surface area contributed by atoms with Gasteiger partial charge in [-0.3, -0.25) is 4.79 Å². The van der Waals surface area contributed by atoms with Crippen LogP contribution in [0, 0.1) is 6.92 Å². The molecule has 26 heavy (non-hydrogen) atoms. The summed E-state index contributed by atoms with van der Waals surface area (Å²) >= 11 is 0. The number of aliphatic hydroxyl groups excluding tert-OH is 1. The van der Waals surface area contributed by atoms with Crippen LogP contribution in [-0.2, 0) is 12.8 Å². The van der Waals surface area contributed by atoms with E-state index in [-0.39, 0.29) is 47.0 Å². The summed E-state index contributed by atoms with van der Waals surface area (Å²) in [5.74, 6) is -0.463. The first-order valence-corrected chi connectivity index (χ1v) is 8.74. The average Bonchev–Trinajstić information content (AvgIpc) is 2.61. The lowest BCUT2D eigenvalue weighted by atomic mass is 9.86. The highest BCUT2D eigenvalue weighted by Crippen LogP contribution is 2.47. The van der Waals surface area contributed by atoms with E-state index in [9.17, 15) is 20.1 Å². The Morgan fingerprint density at radius 1 is 1.19 bits per heavy atom. The molecule has 0 amide bonds. The van der Waals surface area contributed by atoms with Gasteiger partial charge in [0.1, 0.15) is 28.4 Å². The summed E-state index contributed by atoms with van der Waals surface area (Å²) < 4.78 is 5.86. The smallest absolute Gasteiger partial charge is 0.170 e. The fraction of sp³-hybridized carbons (Fsp3) is 0.381. The average molecular weight is 356 g/mol. The molecule has 0 spiro atoms. The molecular formula is C21H24O5. The van der Waals surface area contributed by atoms with E-state index in [4.69, 9.17) is 4.74 Å². The normalized spacial score (nSPS) is 18.1. The van der Waals surface area contributed by atoms with E-state index in [1.54, 1.807) is 20.8 Å². The number of phenolic OH excluding ortho intramolecular Hbond substituents is 2. The van der Waals surface area contributed by atoms with Crippen molar-refractivity contribution in [3.8, 4) is 17.2 Å². The third-order valence-corrected chi connectivity index (χ3v) is 5.06. The molecule has 0 bridgehead atoms. The van der Waals surface area contributed by atoms with E-state index in [1.807, 2.05) is 30.3 Å². The maximum Gasteiger partial charge on any atom is 0.170 e. The van der Waals surface area contributed by atoms with Crippen molar-refractivity contribution in [3.05, 3.63) is 52.6 Å². The molecular weight excluding hydrogens is 332 g/mol. The number of ketones is 1. The number of fused-ring (bicyclic) bond motifs is 1. The van der Waals surface area contributed by atoms with Crippen LogP contribution in [0.25, 0.3) is 0 Å². The number of hydrogen-bond acceptors (Lipinski definition) is 5. The molecule has 138 valence electrons. The zero-order valence-corrected chi connectivity index (χ0v) is 15.2. The van der Waals surface area contributed by atoms with Gasteiger partial charge in [0.2, 0.25) is 0 Å². The van der Waals surface area contributed by atoms with E-state index in [0.29, 0.717) is 12.0 Å². The molecule has 3 rings (SSSR count). The molecule has 3 N–H and O–H groups in total. The van der Waals surface area contributed by atoms with Gasteiger partial charge in [0, 0.05) is 24.0 Å². The number of rotatable bonds is 4. The van der Waals surface area contributed by atoms with Gasteiger partial charge in [0.15, 0.2) is 5.78 Å². The number of phenols is 2. The Balaban J connectivity index is 2.00. The molecule has 2 aromatic carbocycles. The van der Waals surface area contributed by atoms with Gasteiger partial charge >= 0.3 is 0 Å². The summed E-state index contributed by atoms with van der Waals surface area (Å²) in [4.78, 5) is 12.9. The van der Waals surface area contributed by atoms with Crippen LogP contribution in [0.1, 0.15) is 47.3 Å². The largest absolute Gasteiger partial charge is 0.507 e. The molecule has 1 aliphatic rings. The van der Waals surface area contributed by atoms with E-state index in [0.717, 1.165) is 5.56 Å². The highest BCUT2D eigenvalue weighted by Gasteiger charge is 2.40. The first-order valence-electron chi connectivity index (χ1n) is 8.74. The van der Waals surface area contributed by atoms with Crippen molar-refractivity contribution in [2.75, 3.05) is 0 Å². The van der Waals surface area contributed by atoms with Crippen LogP contribution in [0.4, 0.5) is 0 Å². The Morgan fingerprint density at radius 2 is 1.85 bits per heavy atom. The van der Waals surface area contributed by atoms with Crippen LogP contribution in [0.2, 0.25) is 0 Å². The number of benzene rings is 2. The zero-order chi connectivity index (χ0) is 19.1. The second kappa shape index (κ2) is 6.65. The maximum atomic E-state index is 12.9. The summed E-state index contributed by atoms with van der Waals surface area (Å²) in [5.41, 5.74) is 0.792. The van der Waals surface area contributed by atoms with Gasteiger partial charge in [0.25, 0.3) is 0 Å². The second-order valence-corrected chi connectivity index (χ2v) is 7.34. The molecule has 0 radical (unpaired) electrons. The van der Waals surface area contributed by atoms with Gasteiger partial charge in [-0.05, 0) is 32.8 Å². The van der Waals surface area contributed by atoms with Crippen LogP contribution in [0.15, 0.2) is 30.3 Å². The molecule has 0 unspecified atom stereocenters. The van der Waals surface area contributed by atoms with Gasteiger partial charge in [-0.25, -0.2) is 0 Å². The van der Waals surface area contributed by atoms with E-state index < -0.39 is 11.7 Å². The monoisotopic (exact) mass is 356 g/mol. The lowest BCUT2D eigenvalue weighted by molar-refractivity contribution is -0.0422. The van der Waals surface area contributed by atoms with Crippen molar-refractivity contribution in [2.45, 2.75) is 51.7 Å². The molecule has 0 saturated carbocycles. The van der Waals surface area contributed by atoms with Gasteiger partial charge in [-0.2, -0.15) is 0 Å². The number of aryl methyl sites for hydroxylation is 1. The number of aromatic hydroxyl groups is 2. The van der Waals surface area contributed by atoms with Gasteiger partial charge < -0.3 is 20.1 Å². The lowest BCUT2D eigenvalue weighted by Gasteiger charge is -2.38. The first kappa shape index (κ1) is 18.3. The van der Waals surface area contributed by atoms with Gasteiger partial charge in [-0.15, -0.1) is 0 Å².